The molecule has 1 rings (SSSR count). The lowest BCUT2D eigenvalue weighted by molar-refractivity contribution is -0.131. The molecule has 0 aromatic heterocycles. The van der Waals surface area contributed by atoms with E-state index in [9.17, 15) is 13.2 Å². The fourth-order valence-electron chi connectivity index (χ4n) is 2.67. The van der Waals surface area contributed by atoms with E-state index in [2.05, 4.69) is 12.2 Å². The summed E-state index contributed by atoms with van der Waals surface area (Å²) in [5, 5.41) is 2.57. The molecule has 0 heterocycles. The van der Waals surface area contributed by atoms with Gasteiger partial charge >= 0.3 is 0 Å². The van der Waals surface area contributed by atoms with Gasteiger partial charge in [0.1, 0.15) is 5.25 Å². The van der Waals surface area contributed by atoms with Gasteiger partial charge in [0.2, 0.25) is 5.91 Å². The number of rotatable bonds is 6. The van der Waals surface area contributed by atoms with Crippen molar-refractivity contribution in [2.75, 3.05) is 19.8 Å². The van der Waals surface area contributed by atoms with Crippen LogP contribution in [0.5, 0.6) is 0 Å². The molecule has 6 heteroatoms. The second-order valence-electron chi connectivity index (χ2n) is 5.88. The lowest BCUT2D eigenvalue weighted by Crippen LogP contribution is -2.47. The molecule has 0 spiro atoms. The van der Waals surface area contributed by atoms with Gasteiger partial charge < -0.3 is 10.2 Å². The van der Waals surface area contributed by atoms with Crippen LogP contribution < -0.4 is 5.32 Å². The highest BCUT2D eigenvalue weighted by molar-refractivity contribution is 7.92. The number of carbonyl (C=O) groups excluding carboxylic acids is 1. The summed E-state index contributed by atoms with van der Waals surface area (Å²) in [5.74, 6) is -0.280. The number of sulfone groups is 1. The van der Waals surface area contributed by atoms with Crippen molar-refractivity contribution in [1.82, 2.24) is 10.2 Å². The number of nitrogens with zero attached hydrogens (tertiary/aromatic N) is 1. The van der Waals surface area contributed by atoms with Crippen LogP contribution in [0.1, 0.15) is 46.0 Å². The third-order valence-electron chi connectivity index (χ3n) is 4.27. The highest BCUT2D eigenvalue weighted by Crippen LogP contribution is 2.23. The van der Waals surface area contributed by atoms with Crippen molar-refractivity contribution in [1.29, 1.82) is 0 Å². The smallest absolute Gasteiger partial charge is 0.240 e. The zero-order valence-corrected chi connectivity index (χ0v) is 13.9. The second kappa shape index (κ2) is 7.41. The topological polar surface area (TPSA) is 66.5 Å². The summed E-state index contributed by atoms with van der Waals surface area (Å²) < 4.78 is 22.9. The van der Waals surface area contributed by atoms with E-state index in [1.54, 1.807) is 11.9 Å². The molecule has 20 heavy (non-hydrogen) atoms. The van der Waals surface area contributed by atoms with Crippen molar-refractivity contribution in [3.8, 4) is 0 Å². The van der Waals surface area contributed by atoms with E-state index in [4.69, 9.17) is 0 Å². The van der Waals surface area contributed by atoms with Crippen LogP contribution in [0.25, 0.3) is 0 Å². The normalized spacial score (nSPS) is 25.2. The van der Waals surface area contributed by atoms with Crippen LogP contribution in [0.4, 0.5) is 0 Å². The van der Waals surface area contributed by atoms with Crippen molar-refractivity contribution in [2.24, 2.45) is 0 Å². The maximum atomic E-state index is 12.2. The van der Waals surface area contributed by atoms with Crippen molar-refractivity contribution in [3.63, 3.8) is 0 Å². The summed E-state index contributed by atoms with van der Waals surface area (Å²) in [6.45, 7) is 4.66. The predicted molar refractivity (Wildman–Crippen MR) is 81.4 cm³/mol. The Morgan fingerprint density at radius 2 is 1.85 bits per heavy atom. The van der Waals surface area contributed by atoms with E-state index in [-0.39, 0.29) is 11.9 Å². The first-order chi connectivity index (χ1) is 9.27. The van der Waals surface area contributed by atoms with Crippen molar-refractivity contribution in [3.05, 3.63) is 0 Å². The average Bonchev–Trinajstić information content (AvgIpc) is 2.42. The van der Waals surface area contributed by atoms with E-state index in [1.165, 1.54) is 6.92 Å². The molecule has 0 bridgehead atoms. The molecular formula is C14H28N2O3S. The van der Waals surface area contributed by atoms with Gasteiger partial charge in [-0.05, 0) is 45.6 Å². The van der Waals surface area contributed by atoms with E-state index in [0.29, 0.717) is 6.04 Å². The van der Waals surface area contributed by atoms with E-state index < -0.39 is 15.1 Å². The van der Waals surface area contributed by atoms with Crippen LogP contribution >= 0.6 is 0 Å². The van der Waals surface area contributed by atoms with Crippen LogP contribution in [0.3, 0.4) is 0 Å². The van der Waals surface area contributed by atoms with Crippen molar-refractivity contribution in [2.45, 2.75) is 63.3 Å². The Kier molecular flexibility index (Phi) is 6.45. The molecule has 1 amide bonds. The van der Waals surface area contributed by atoms with Crippen LogP contribution in [-0.2, 0) is 14.6 Å². The average molecular weight is 304 g/mol. The molecule has 1 fully saturated rings. The Balaban J connectivity index is 2.50. The van der Waals surface area contributed by atoms with E-state index in [0.717, 1.165) is 44.9 Å². The minimum absolute atomic E-state index is 0.173. The highest BCUT2D eigenvalue weighted by atomic mass is 32.2. The summed E-state index contributed by atoms with van der Waals surface area (Å²) in [6, 6.07) is 0.716. The molecule has 1 saturated carbocycles. The van der Waals surface area contributed by atoms with Gasteiger partial charge in [-0.1, -0.05) is 6.92 Å². The Morgan fingerprint density at radius 1 is 1.30 bits per heavy atom. The first-order valence-corrected chi connectivity index (χ1v) is 9.41. The summed E-state index contributed by atoms with van der Waals surface area (Å²) >= 11 is 0. The summed E-state index contributed by atoms with van der Waals surface area (Å²) in [4.78, 5) is 13.8. The maximum absolute atomic E-state index is 12.2. The zero-order valence-electron chi connectivity index (χ0n) is 13.1. The van der Waals surface area contributed by atoms with Gasteiger partial charge in [-0.2, -0.15) is 0 Å². The predicted octanol–water partition coefficient (Wildman–Crippen LogP) is 1.19. The molecule has 1 unspecified atom stereocenters. The van der Waals surface area contributed by atoms with Gasteiger partial charge in [0.25, 0.3) is 0 Å². The first-order valence-electron chi connectivity index (χ1n) is 7.46. The van der Waals surface area contributed by atoms with Gasteiger partial charge in [0, 0.05) is 25.4 Å². The molecule has 0 radical (unpaired) electrons. The Morgan fingerprint density at radius 3 is 2.30 bits per heavy atom. The summed E-state index contributed by atoms with van der Waals surface area (Å²) in [6.07, 6.45) is 6.24. The van der Waals surface area contributed by atoms with Gasteiger partial charge in [0.05, 0.1) is 0 Å². The largest absolute Gasteiger partial charge is 0.342 e. The second-order valence-corrected chi connectivity index (χ2v) is 8.25. The number of hydrogen-bond donors (Lipinski definition) is 1. The summed E-state index contributed by atoms with van der Waals surface area (Å²) in [5.41, 5.74) is 0. The molecule has 0 aliphatic heterocycles. The van der Waals surface area contributed by atoms with Crippen molar-refractivity contribution >= 4 is 15.7 Å². The third-order valence-corrected chi connectivity index (χ3v) is 5.75. The molecule has 118 valence electrons. The van der Waals surface area contributed by atoms with Gasteiger partial charge in [0.15, 0.2) is 9.84 Å². The Hall–Kier alpha value is -0.620. The lowest BCUT2D eigenvalue weighted by Gasteiger charge is -2.36. The van der Waals surface area contributed by atoms with Gasteiger partial charge in [-0.25, -0.2) is 8.42 Å². The molecule has 1 atom stereocenters. The number of carbonyl (C=O) groups is 1. The first kappa shape index (κ1) is 17.4. The standard InChI is InChI=1S/C14H28N2O3S/c1-5-10-15-12-6-8-13(9-7-12)16(3)14(17)11(2)20(4,18)19/h11-13,15H,5-10H2,1-4H3. The highest BCUT2D eigenvalue weighted by Gasteiger charge is 2.32. The molecule has 1 N–H and O–H groups in total. The monoisotopic (exact) mass is 304 g/mol. The van der Waals surface area contributed by atoms with Crippen LogP contribution in [0, 0.1) is 0 Å². The number of hydrogen-bond acceptors (Lipinski definition) is 4. The molecule has 5 nitrogen and oxygen atoms in total. The minimum atomic E-state index is -3.31. The zero-order chi connectivity index (χ0) is 15.3. The minimum Gasteiger partial charge on any atom is -0.342 e. The maximum Gasteiger partial charge on any atom is 0.240 e. The molecule has 1 aliphatic rings. The third kappa shape index (κ3) is 4.74. The van der Waals surface area contributed by atoms with Gasteiger partial charge in [-0.3, -0.25) is 4.79 Å². The van der Waals surface area contributed by atoms with Crippen LogP contribution in [0.15, 0.2) is 0 Å². The number of amides is 1. The van der Waals surface area contributed by atoms with Gasteiger partial charge in [-0.15, -0.1) is 0 Å². The van der Waals surface area contributed by atoms with Crippen LogP contribution in [-0.4, -0.2) is 56.4 Å². The quantitative estimate of drug-likeness (QED) is 0.800. The molecule has 0 aromatic rings. The fraction of sp³-hybridized carbons (Fsp3) is 0.929. The molecule has 0 aromatic carbocycles. The fourth-order valence-corrected chi connectivity index (χ4v) is 3.20. The Labute approximate surface area is 123 Å². The molecular weight excluding hydrogens is 276 g/mol. The van der Waals surface area contributed by atoms with E-state index in [1.807, 2.05) is 0 Å². The SMILES string of the molecule is CCCNC1CCC(N(C)C(=O)C(C)S(C)(=O)=O)CC1. The van der Waals surface area contributed by atoms with E-state index >= 15 is 0 Å². The van der Waals surface area contributed by atoms with Crippen LogP contribution in [0.2, 0.25) is 0 Å². The van der Waals surface area contributed by atoms with Crippen molar-refractivity contribution < 1.29 is 13.2 Å². The molecule has 0 saturated heterocycles. The Bertz CT molecular complexity index is 414. The number of nitrogens with one attached hydrogen (secondary N) is 1. The summed E-state index contributed by atoms with van der Waals surface area (Å²) in [7, 11) is -1.58. The molecule has 1 aliphatic carbocycles. The lowest BCUT2D eigenvalue weighted by atomic mass is 9.90.